The second kappa shape index (κ2) is 4.63. The van der Waals surface area contributed by atoms with E-state index >= 15 is 0 Å². The lowest BCUT2D eigenvalue weighted by molar-refractivity contribution is -0.137. The normalized spacial score (nSPS) is 12.0. The van der Waals surface area contributed by atoms with Crippen molar-refractivity contribution in [2.75, 3.05) is 0 Å². The molecule has 6 heteroatoms. The highest BCUT2D eigenvalue weighted by atomic mass is 79.9. The quantitative estimate of drug-likeness (QED) is 0.623. The summed E-state index contributed by atoms with van der Waals surface area (Å²) in [5.41, 5.74) is 1.34. The monoisotopic (exact) mass is 340 g/mol. The molecule has 2 nitrogen and oxygen atoms in total. The average Bonchev–Trinajstić information content (AvgIpc) is 2.83. The van der Waals surface area contributed by atoms with Crippen LogP contribution in [0.15, 0.2) is 53.3 Å². The minimum atomic E-state index is -4.32. The molecular weight excluding hydrogens is 333 g/mol. The van der Waals surface area contributed by atoms with Crippen molar-refractivity contribution in [2.24, 2.45) is 0 Å². The van der Waals surface area contributed by atoms with E-state index in [1.165, 1.54) is 12.1 Å². The number of pyridine rings is 1. The summed E-state index contributed by atoms with van der Waals surface area (Å²) in [6.45, 7) is 0. The first-order valence-corrected chi connectivity index (χ1v) is 6.55. The minimum absolute atomic E-state index is 0.630. The van der Waals surface area contributed by atoms with Crippen LogP contribution >= 0.6 is 15.9 Å². The highest BCUT2D eigenvalue weighted by Gasteiger charge is 2.30. The maximum absolute atomic E-state index is 12.5. The third-order valence-electron chi connectivity index (χ3n) is 2.94. The minimum Gasteiger partial charge on any atom is -0.306 e. The van der Waals surface area contributed by atoms with E-state index in [1.807, 2.05) is 22.7 Å². The van der Waals surface area contributed by atoms with E-state index in [9.17, 15) is 13.2 Å². The second-order valence-electron chi connectivity index (χ2n) is 4.29. The van der Waals surface area contributed by atoms with Gasteiger partial charge in [0.05, 0.1) is 15.7 Å². The van der Waals surface area contributed by atoms with Crippen LogP contribution in [0.1, 0.15) is 5.56 Å². The molecule has 0 aliphatic carbocycles. The molecule has 0 unspecified atom stereocenters. The number of hydrogen-bond donors (Lipinski definition) is 0. The molecule has 0 amide bonds. The second-order valence-corrected chi connectivity index (χ2v) is 5.14. The molecule has 0 aliphatic heterocycles. The van der Waals surface area contributed by atoms with Gasteiger partial charge in [0.15, 0.2) is 5.65 Å². The summed E-state index contributed by atoms with van der Waals surface area (Å²) in [6.07, 6.45) is -0.705. The van der Waals surface area contributed by atoms with Crippen LogP contribution < -0.4 is 0 Å². The van der Waals surface area contributed by atoms with Gasteiger partial charge in [-0.15, -0.1) is 0 Å². The highest BCUT2D eigenvalue weighted by Crippen LogP contribution is 2.31. The molecule has 0 aliphatic rings. The Labute approximate surface area is 121 Å². The fourth-order valence-corrected chi connectivity index (χ4v) is 2.39. The zero-order valence-electron chi connectivity index (χ0n) is 10.0. The largest absolute Gasteiger partial charge is 0.416 e. The number of hydrogen-bond acceptors (Lipinski definition) is 1. The Morgan fingerprint density at radius 1 is 1.05 bits per heavy atom. The van der Waals surface area contributed by atoms with Crippen molar-refractivity contribution < 1.29 is 13.2 Å². The van der Waals surface area contributed by atoms with Crippen LogP contribution in [0.4, 0.5) is 13.2 Å². The lowest BCUT2D eigenvalue weighted by Crippen LogP contribution is -2.03. The summed E-state index contributed by atoms with van der Waals surface area (Å²) in [7, 11) is 0. The number of rotatable bonds is 1. The molecule has 3 rings (SSSR count). The van der Waals surface area contributed by atoms with Crippen molar-refractivity contribution in [2.45, 2.75) is 6.18 Å². The third-order valence-corrected chi connectivity index (χ3v) is 3.56. The standard InChI is InChI=1S/C14H8BrF3N2/c15-11-2-1-7-20-8-12(19-13(11)20)9-3-5-10(6-4-9)14(16,17)18/h1-8H. The fraction of sp³-hybridized carbons (Fsp3) is 0.0714. The van der Waals surface area contributed by atoms with Crippen LogP contribution in [0.5, 0.6) is 0 Å². The summed E-state index contributed by atoms with van der Waals surface area (Å²) >= 11 is 3.39. The predicted molar refractivity (Wildman–Crippen MR) is 73.3 cm³/mol. The Bertz CT molecular complexity index is 760. The molecule has 0 atom stereocenters. The summed E-state index contributed by atoms with van der Waals surface area (Å²) < 4.78 is 40.2. The molecule has 1 aromatic carbocycles. The smallest absolute Gasteiger partial charge is 0.306 e. The zero-order chi connectivity index (χ0) is 14.3. The summed E-state index contributed by atoms with van der Waals surface area (Å²) in [5.74, 6) is 0. The molecule has 0 saturated heterocycles. The van der Waals surface area contributed by atoms with E-state index in [1.54, 1.807) is 6.20 Å². The average molecular weight is 341 g/mol. The number of imidazole rings is 1. The number of benzene rings is 1. The van der Waals surface area contributed by atoms with Crippen LogP contribution in [0.25, 0.3) is 16.9 Å². The van der Waals surface area contributed by atoms with E-state index in [0.29, 0.717) is 11.3 Å². The van der Waals surface area contributed by atoms with Crippen molar-refractivity contribution in [3.8, 4) is 11.3 Å². The maximum atomic E-state index is 12.5. The molecule has 102 valence electrons. The Hall–Kier alpha value is -1.82. The number of aromatic nitrogens is 2. The highest BCUT2D eigenvalue weighted by molar-refractivity contribution is 9.10. The first-order valence-electron chi connectivity index (χ1n) is 5.76. The van der Waals surface area contributed by atoms with Gasteiger partial charge >= 0.3 is 6.18 Å². The Balaban J connectivity index is 2.05. The van der Waals surface area contributed by atoms with Gasteiger partial charge in [-0.05, 0) is 40.2 Å². The number of alkyl halides is 3. The first kappa shape index (κ1) is 13.2. The number of halogens is 4. The van der Waals surface area contributed by atoms with E-state index < -0.39 is 11.7 Å². The molecule has 2 aromatic heterocycles. The van der Waals surface area contributed by atoms with Gasteiger partial charge in [0.2, 0.25) is 0 Å². The fourth-order valence-electron chi connectivity index (χ4n) is 1.95. The SMILES string of the molecule is FC(F)(F)c1ccc(-c2cn3cccc(Br)c3n2)cc1. The van der Waals surface area contributed by atoms with E-state index in [0.717, 1.165) is 22.3 Å². The van der Waals surface area contributed by atoms with Gasteiger partial charge in [0.1, 0.15) is 0 Å². The Morgan fingerprint density at radius 2 is 1.75 bits per heavy atom. The number of nitrogens with zero attached hydrogens (tertiary/aromatic N) is 2. The van der Waals surface area contributed by atoms with Crippen molar-refractivity contribution in [1.29, 1.82) is 0 Å². The topological polar surface area (TPSA) is 17.3 Å². The molecule has 3 aromatic rings. The van der Waals surface area contributed by atoms with Crippen molar-refractivity contribution >= 4 is 21.6 Å². The van der Waals surface area contributed by atoms with E-state index in [2.05, 4.69) is 20.9 Å². The molecule has 0 radical (unpaired) electrons. The van der Waals surface area contributed by atoms with Gasteiger partial charge < -0.3 is 4.40 Å². The van der Waals surface area contributed by atoms with Gasteiger partial charge in [0, 0.05) is 18.0 Å². The van der Waals surface area contributed by atoms with Crippen LogP contribution in [0.3, 0.4) is 0 Å². The molecule has 0 bridgehead atoms. The van der Waals surface area contributed by atoms with Gasteiger partial charge in [-0.2, -0.15) is 13.2 Å². The van der Waals surface area contributed by atoms with Crippen LogP contribution in [-0.4, -0.2) is 9.38 Å². The van der Waals surface area contributed by atoms with Crippen LogP contribution in [0, 0.1) is 0 Å². The Morgan fingerprint density at radius 3 is 2.35 bits per heavy atom. The van der Waals surface area contributed by atoms with Crippen LogP contribution in [-0.2, 0) is 6.18 Å². The van der Waals surface area contributed by atoms with E-state index in [4.69, 9.17) is 0 Å². The van der Waals surface area contributed by atoms with Gasteiger partial charge in [-0.1, -0.05) is 12.1 Å². The van der Waals surface area contributed by atoms with Crippen molar-refractivity contribution in [3.63, 3.8) is 0 Å². The summed E-state index contributed by atoms with van der Waals surface area (Å²) in [5, 5.41) is 0. The first-order chi connectivity index (χ1) is 9.45. The van der Waals surface area contributed by atoms with Crippen molar-refractivity contribution in [3.05, 3.63) is 58.8 Å². The Kier molecular flexibility index (Phi) is 3.05. The molecule has 2 heterocycles. The number of fused-ring (bicyclic) bond motifs is 1. The lowest BCUT2D eigenvalue weighted by Gasteiger charge is -2.06. The van der Waals surface area contributed by atoms with E-state index in [-0.39, 0.29) is 0 Å². The molecular formula is C14H8BrF3N2. The van der Waals surface area contributed by atoms with Crippen LogP contribution in [0.2, 0.25) is 0 Å². The molecule has 0 spiro atoms. The predicted octanol–water partition coefficient (Wildman–Crippen LogP) is 4.78. The zero-order valence-corrected chi connectivity index (χ0v) is 11.6. The molecule has 0 saturated carbocycles. The molecule has 20 heavy (non-hydrogen) atoms. The van der Waals surface area contributed by atoms with Gasteiger partial charge in [-0.25, -0.2) is 4.98 Å². The molecule has 0 N–H and O–H groups in total. The maximum Gasteiger partial charge on any atom is 0.416 e. The van der Waals surface area contributed by atoms with Gasteiger partial charge in [-0.3, -0.25) is 0 Å². The lowest BCUT2D eigenvalue weighted by atomic mass is 10.1. The van der Waals surface area contributed by atoms with Crippen molar-refractivity contribution in [1.82, 2.24) is 9.38 Å². The summed E-state index contributed by atoms with van der Waals surface area (Å²) in [6, 6.07) is 8.70. The molecule has 0 fully saturated rings. The summed E-state index contributed by atoms with van der Waals surface area (Å²) in [4.78, 5) is 4.41. The third kappa shape index (κ3) is 2.31. The van der Waals surface area contributed by atoms with Gasteiger partial charge in [0.25, 0.3) is 0 Å².